The van der Waals surface area contributed by atoms with Gasteiger partial charge in [-0.1, -0.05) is 12.1 Å². The van der Waals surface area contributed by atoms with Crippen molar-refractivity contribution in [3.05, 3.63) is 29.3 Å². The van der Waals surface area contributed by atoms with Crippen LogP contribution in [0.3, 0.4) is 0 Å². The molecule has 1 aliphatic rings. The third kappa shape index (κ3) is 3.47. The summed E-state index contributed by atoms with van der Waals surface area (Å²) in [7, 11) is 1.69. The van der Waals surface area contributed by atoms with Crippen LogP contribution in [0.5, 0.6) is 5.75 Å². The van der Waals surface area contributed by atoms with Crippen LogP contribution in [-0.2, 0) is 22.6 Å². The van der Waals surface area contributed by atoms with Crippen LogP contribution in [0.1, 0.15) is 24.0 Å². The standard InChI is InChI=1S/C14H17NO4/c1-15(13(16)4-5-14(17)18)9-10-2-3-12-11(8-10)6-7-19-12/h2-3,8H,4-7,9H2,1H3,(H,17,18). The number of carbonyl (C=O) groups is 2. The van der Waals surface area contributed by atoms with Crippen LogP contribution in [0, 0.1) is 0 Å². The number of ether oxygens (including phenoxy) is 1. The third-order valence-electron chi connectivity index (χ3n) is 3.15. The average Bonchev–Trinajstić information content (AvgIpc) is 2.83. The molecule has 5 heteroatoms. The molecule has 5 nitrogen and oxygen atoms in total. The van der Waals surface area contributed by atoms with Crippen LogP contribution in [0.15, 0.2) is 18.2 Å². The van der Waals surface area contributed by atoms with E-state index < -0.39 is 5.97 Å². The van der Waals surface area contributed by atoms with Crippen LogP contribution in [0.25, 0.3) is 0 Å². The fraction of sp³-hybridized carbons (Fsp3) is 0.429. The highest BCUT2D eigenvalue weighted by atomic mass is 16.5. The van der Waals surface area contributed by atoms with Crippen molar-refractivity contribution in [3.63, 3.8) is 0 Å². The summed E-state index contributed by atoms with van der Waals surface area (Å²) < 4.78 is 5.42. The van der Waals surface area contributed by atoms with Gasteiger partial charge in [0.15, 0.2) is 0 Å². The number of benzene rings is 1. The van der Waals surface area contributed by atoms with E-state index in [0.29, 0.717) is 13.2 Å². The number of carboxylic acids is 1. The summed E-state index contributed by atoms with van der Waals surface area (Å²) in [6.45, 7) is 1.21. The lowest BCUT2D eigenvalue weighted by Gasteiger charge is -2.17. The van der Waals surface area contributed by atoms with Crippen LogP contribution >= 0.6 is 0 Å². The zero-order chi connectivity index (χ0) is 13.8. The molecule has 102 valence electrons. The maximum atomic E-state index is 11.7. The zero-order valence-corrected chi connectivity index (χ0v) is 10.9. The normalized spacial score (nSPS) is 12.7. The van der Waals surface area contributed by atoms with Gasteiger partial charge < -0.3 is 14.7 Å². The molecule has 0 atom stereocenters. The summed E-state index contributed by atoms with van der Waals surface area (Å²) in [6, 6.07) is 5.90. The summed E-state index contributed by atoms with van der Waals surface area (Å²) in [5, 5.41) is 8.56. The van der Waals surface area contributed by atoms with Crippen LogP contribution < -0.4 is 4.74 Å². The minimum atomic E-state index is -0.948. The summed E-state index contributed by atoms with van der Waals surface area (Å²) >= 11 is 0. The topological polar surface area (TPSA) is 66.8 Å². The lowest BCUT2D eigenvalue weighted by Crippen LogP contribution is -2.26. The van der Waals surface area contributed by atoms with Gasteiger partial charge >= 0.3 is 5.97 Å². The molecule has 1 aromatic carbocycles. The Morgan fingerprint density at radius 1 is 1.37 bits per heavy atom. The molecule has 0 bridgehead atoms. The van der Waals surface area contributed by atoms with Crippen molar-refractivity contribution in [2.75, 3.05) is 13.7 Å². The first-order chi connectivity index (χ1) is 9.06. The highest BCUT2D eigenvalue weighted by Crippen LogP contribution is 2.26. The number of rotatable bonds is 5. The number of hydrogen-bond acceptors (Lipinski definition) is 3. The summed E-state index contributed by atoms with van der Waals surface area (Å²) in [5.41, 5.74) is 2.21. The number of carbonyl (C=O) groups excluding carboxylic acids is 1. The van der Waals surface area contributed by atoms with Crippen molar-refractivity contribution < 1.29 is 19.4 Å². The van der Waals surface area contributed by atoms with Crippen LogP contribution in [0.2, 0.25) is 0 Å². The Morgan fingerprint density at radius 3 is 2.89 bits per heavy atom. The van der Waals surface area contributed by atoms with E-state index in [9.17, 15) is 9.59 Å². The Labute approximate surface area is 111 Å². The Bertz CT molecular complexity index is 498. The molecular formula is C14H17NO4. The van der Waals surface area contributed by atoms with Gasteiger partial charge in [0.2, 0.25) is 5.91 Å². The van der Waals surface area contributed by atoms with Gasteiger partial charge in [0.1, 0.15) is 5.75 Å². The van der Waals surface area contributed by atoms with E-state index in [1.54, 1.807) is 11.9 Å². The maximum absolute atomic E-state index is 11.7. The van der Waals surface area contributed by atoms with Gasteiger partial charge in [-0.05, 0) is 17.2 Å². The fourth-order valence-electron chi connectivity index (χ4n) is 2.11. The van der Waals surface area contributed by atoms with E-state index in [4.69, 9.17) is 9.84 Å². The number of nitrogens with zero attached hydrogens (tertiary/aromatic N) is 1. The highest BCUT2D eigenvalue weighted by Gasteiger charge is 2.15. The van der Waals surface area contributed by atoms with Gasteiger partial charge in [-0.2, -0.15) is 0 Å². The van der Waals surface area contributed by atoms with Crippen LogP contribution in [0.4, 0.5) is 0 Å². The van der Waals surface area contributed by atoms with Gasteiger partial charge in [-0.15, -0.1) is 0 Å². The molecule has 2 rings (SSSR count). The maximum Gasteiger partial charge on any atom is 0.303 e. The first kappa shape index (κ1) is 13.4. The molecule has 0 unspecified atom stereocenters. The predicted octanol–water partition coefficient (Wildman–Crippen LogP) is 1.44. The van der Waals surface area contributed by atoms with E-state index in [0.717, 1.165) is 17.7 Å². The molecule has 19 heavy (non-hydrogen) atoms. The first-order valence-electron chi connectivity index (χ1n) is 6.26. The van der Waals surface area contributed by atoms with E-state index in [1.807, 2.05) is 18.2 Å². The SMILES string of the molecule is CN(Cc1ccc2c(c1)CCO2)C(=O)CCC(=O)O. The fourth-order valence-corrected chi connectivity index (χ4v) is 2.11. The van der Waals surface area contributed by atoms with Gasteiger partial charge in [0.05, 0.1) is 13.0 Å². The number of amides is 1. The van der Waals surface area contributed by atoms with Crippen molar-refractivity contribution >= 4 is 11.9 Å². The van der Waals surface area contributed by atoms with Gasteiger partial charge in [0, 0.05) is 26.4 Å². The quantitative estimate of drug-likeness (QED) is 0.873. The molecular weight excluding hydrogens is 246 g/mol. The second-order valence-corrected chi connectivity index (χ2v) is 4.68. The Kier molecular flexibility index (Phi) is 4.04. The summed E-state index contributed by atoms with van der Waals surface area (Å²) in [6.07, 6.45) is 0.820. The molecule has 0 saturated heterocycles. The smallest absolute Gasteiger partial charge is 0.303 e. The highest BCUT2D eigenvalue weighted by molar-refractivity contribution is 5.80. The second kappa shape index (κ2) is 5.73. The van der Waals surface area contributed by atoms with E-state index >= 15 is 0 Å². The van der Waals surface area contributed by atoms with Crippen molar-refractivity contribution in [1.29, 1.82) is 0 Å². The van der Waals surface area contributed by atoms with Crippen molar-refractivity contribution in [2.24, 2.45) is 0 Å². The Balaban J connectivity index is 1.93. The van der Waals surface area contributed by atoms with Gasteiger partial charge in [-0.3, -0.25) is 9.59 Å². The number of carboxylic acid groups (broad SMARTS) is 1. The number of aliphatic carboxylic acids is 1. The molecule has 1 heterocycles. The zero-order valence-electron chi connectivity index (χ0n) is 10.9. The van der Waals surface area contributed by atoms with Gasteiger partial charge in [0.25, 0.3) is 0 Å². The second-order valence-electron chi connectivity index (χ2n) is 4.68. The van der Waals surface area contributed by atoms with Crippen molar-refractivity contribution in [1.82, 2.24) is 4.90 Å². The summed E-state index contributed by atoms with van der Waals surface area (Å²) in [5.74, 6) is -0.181. The Morgan fingerprint density at radius 2 is 2.16 bits per heavy atom. The number of fused-ring (bicyclic) bond motifs is 1. The molecule has 0 spiro atoms. The minimum absolute atomic E-state index is 0.0416. The van der Waals surface area contributed by atoms with E-state index in [1.165, 1.54) is 5.56 Å². The summed E-state index contributed by atoms with van der Waals surface area (Å²) in [4.78, 5) is 23.7. The first-order valence-corrected chi connectivity index (χ1v) is 6.26. The van der Waals surface area contributed by atoms with Crippen molar-refractivity contribution in [2.45, 2.75) is 25.8 Å². The molecule has 1 amide bonds. The largest absolute Gasteiger partial charge is 0.493 e. The monoisotopic (exact) mass is 263 g/mol. The predicted molar refractivity (Wildman–Crippen MR) is 69.0 cm³/mol. The molecule has 0 aliphatic carbocycles. The molecule has 0 radical (unpaired) electrons. The van der Waals surface area contributed by atoms with Crippen molar-refractivity contribution in [3.8, 4) is 5.75 Å². The van der Waals surface area contributed by atoms with Gasteiger partial charge in [-0.25, -0.2) is 0 Å². The molecule has 1 aliphatic heterocycles. The molecule has 0 aromatic heterocycles. The van der Waals surface area contributed by atoms with E-state index in [2.05, 4.69) is 0 Å². The van der Waals surface area contributed by atoms with E-state index in [-0.39, 0.29) is 18.7 Å². The minimum Gasteiger partial charge on any atom is -0.493 e. The molecule has 0 saturated carbocycles. The third-order valence-corrected chi connectivity index (χ3v) is 3.15. The lowest BCUT2D eigenvalue weighted by atomic mass is 10.1. The van der Waals surface area contributed by atoms with Crippen LogP contribution in [-0.4, -0.2) is 35.5 Å². The average molecular weight is 263 g/mol. The molecule has 0 fully saturated rings. The lowest BCUT2D eigenvalue weighted by molar-refractivity contribution is -0.140. The Hall–Kier alpha value is -2.04. The number of hydrogen-bond donors (Lipinski definition) is 1. The molecule has 1 N–H and O–H groups in total. The molecule has 1 aromatic rings.